The fourth-order valence-corrected chi connectivity index (χ4v) is 3.51. The zero-order valence-electron chi connectivity index (χ0n) is 10.9. The summed E-state index contributed by atoms with van der Waals surface area (Å²) in [6.07, 6.45) is 3.85. The molecule has 0 aliphatic rings. The summed E-state index contributed by atoms with van der Waals surface area (Å²) in [6, 6.07) is 6.37. The number of benzene rings is 1. The van der Waals surface area contributed by atoms with E-state index in [1.54, 1.807) is 12.4 Å². The van der Waals surface area contributed by atoms with Gasteiger partial charge in [0.15, 0.2) is 0 Å². The molecule has 0 bridgehead atoms. The number of nitrogen functional groups attached to an aromatic ring is 1. The molecule has 0 radical (unpaired) electrons. The fourth-order valence-electron chi connectivity index (χ4n) is 1.71. The Morgan fingerprint density at radius 2 is 1.81 bits per heavy atom. The normalized spacial score (nSPS) is 11.5. The van der Waals surface area contributed by atoms with Crippen molar-refractivity contribution in [2.45, 2.75) is 11.3 Å². The van der Waals surface area contributed by atoms with Crippen LogP contribution in [0.4, 0.5) is 5.69 Å². The molecule has 3 N–H and O–H groups in total. The lowest BCUT2D eigenvalue weighted by molar-refractivity contribution is 0.581. The maximum Gasteiger partial charge on any atom is 0.242 e. The minimum Gasteiger partial charge on any atom is -0.396 e. The van der Waals surface area contributed by atoms with Crippen LogP contribution in [0.25, 0.3) is 0 Å². The minimum absolute atomic E-state index is 0.0512. The van der Waals surface area contributed by atoms with Gasteiger partial charge in [0.05, 0.1) is 15.7 Å². The maximum absolute atomic E-state index is 12.2. The zero-order chi connectivity index (χ0) is 15.5. The van der Waals surface area contributed by atoms with Gasteiger partial charge in [0.2, 0.25) is 10.0 Å². The van der Waals surface area contributed by atoms with E-state index >= 15 is 0 Å². The lowest BCUT2D eigenvalue weighted by Crippen LogP contribution is -2.26. The molecule has 21 heavy (non-hydrogen) atoms. The number of sulfonamides is 1. The second-order valence-electron chi connectivity index (χ2n) is 4.28. The summed E-state index contributed by atoms with van der Waals surface area (Å²) >= 11 is 11.7. The maximum atomic E-state index is 12.2. The Hall–Kier alpha value is -1.34. The lowest BCUT2D eigenvalue weighted by atomic mass is 10.2. The molecule has 0 saturated carbocycles. The number of hydrogen-bond donors (Lipinski definition) is 2. The third-order valence-corrected chi connectivity index (χ3v) is 5.19. The third kappa shape index (κ3) is 3.85. The number of nitrogens with two attached hydrogens (primary N) is 1. The van der Waals surface area contributed by atoms with E-state index < -0.39 is 10.0 Å². The van der Waals surface area contributed by atoms with Crippen LogP contribution in [0.15, 0.2) is 41.6 Å². The minimum atomic E-state index is -3.74. The van der Waals surface area contributed by atoms with Crippen LogP contribution in [0.1, 0.15) is 5.56 Å². The molecule has 2 rings (SSSR count). The van der Waals surface area contributed by atoms with Crippen LogP contribution < -0.4 is 10.5 Å². The Morgan fingerprint density at radius 1 is 1.14 bits per heavy atom. The molecule has 0 spiro atoms. The van der Waals surface area contributed by atoms with Crippen molar-refractivity contribution in [2.75, 3.05) is 12.3 Å². The molecule has 0 fully saturated rings. The average Bonchev–Trinajstić information content (AvgIpc) is 2.45. The Morgan fingerprint density at radius 3 is 2.48 bits per heavy atom. The second kappa shape index (κ2) is 6.62. The van der Waals surface area contributed by atoms with Crippen molar-refractivity contribution >= 4 is 38.9 Å². The standard InChI is InChI=1S/C13H13Cl2N3O2S/c14-10-1-2-11(12(15)13(10)16)21(19,20)18-8-5-9-3-6-17-7-4-9/h1-4,6-7,18H,5,8,16H2. The van der Waals surface area contributed by atoms with E-state index in [0.29, 0.717) is 6.42 Å². The summed E-state index contributed by atoms with van der Waals surface area (Å²) in [5.74, 6) is 0. The van der Waals surface area contributed by atoms with Gasteiger partial charge in [-0.15, -0.1) is 0 Å². The number of halogens is 2. The molecule has 8 heteroatoms. The fraction of sp³-hybridized carbons (Fsp3) is 0.154. The van der Waals surface area contributed by atoms with Gasteiger partial charge >= 0.3 is 0 Å². The molecule has 1 aromatic heterocycles. The van der Waals surface area contributed by atoms with Gasteiger partial charge in [-0.05, 0) is 36.2 Å². The lowest BCUT2D eigenvalue weighted by Gasteiger charge is -2.10. The van der Waals surface area contributed by atoms with Crippen LogP contribution in [-0.2, 0) is 16.4 Å². The molecule has 0 saturated heterocycles. The predicted octanol–water partition coefficient (Wildman–Crippen LogP) is 2.49. The summed E-state index contributed by atoms with van der Waals surface area (Å²) in [5, 5.41) is 0.148. The van der Waals surface area contributed by atoms with Crippen LogP contribution in [0.3, 0.4) is 0 Å². The first-order valence-electron chi connectivity index (χ1n) is 6.04. The number of nitrogens with zero attached hydrogens (tertiary/aromatic N) is 1. The summed E-state index contributed by atoms with van der Waals surface area (Å²) in [4.78, 5) is 3.81. The van der Waals surface area contributed by atoms with Crippen molar-refractivity contribution < 1.29 is 8.42 Å². The predicted molar refractivity (Wildman–Crippen MR) is 84.0 cm³/mol. The van der Waals surface area contributed by atoms with E-state index in [9.17, 15) is 8.42 Å². The quantitative estimate of drug-likeness (QED) is 0.815. The summed E-state index contributed by atoms with van der Waals surface area (Å²) in [7, 11) is -3.74. The summed E-state index contributed by atoms with van der Waals surface area (Å²) in [6.45, 7) is 0.241. The van der Waals surface area contributed by atoms with Crippen molar-refractivity contribution in [1.29, 1.82) is 0 Å². The van der Waals surface area contributed by atoms with Crippen LogP contribution in [0, 0.1) is 0 Å². The molecule has 1 heterocycles. The number of anilines is 1. The molecule has 0 unspecified atom stereocenters. The van der Waals surface area contributed by atoms with Gasteiger partial charge in [0.25, 0.3) is 0 Å². The Bertz CT molecular complexity index is 737. The number of rotatable bonds is 5. The van der Waals surface area contributed by atoms with Gasteiger partial charge in [-0.25, -0.2) is 13.1 Å². The van der Waals surface area contributed by atoms with E-state index in [-0.39, 0.29) is 27.2 Å². The van der Waals surface area contributed by atoms with Crippen LogP contribution in [0.2, 0.25) is 10.0 Å². The van der Waals surface area contributed by atoms with Gasteiger partial charge < -0.3 is 5.73 Å². The molecule has 112 valence electrons. The van der Waals surface area contributed by atoms with Gasteiger partial charge in [-0.2, -0.15) is 0 Å². The molecule has 2 aromatic rings. The van der Waals surface area contributed by atoms with Gasteiger partial charge in [-0.3, -0.25) is 4.98 Å². The third-order valence-electron chi connectivity index (χ3n) is 2.84. The van der Waals surface area contributed by atoms with Gasteiger partial charge in [0.1, 0.15) is 4.90 Å². The summed E-state index contributed by atoms with van der Waals surface area (Å²) in [5.41, 5.74) is 6.67. The number of nitrogens with one attached hydrogen (secondary N) is 1. The number of hydrogen-bond acceptors (Lipinski definition) is 4. The van der Waals surface area contributed by atoms with E-state index in [1.807, 2.05) is 12.1 Å². The first-order valence-corrected chi connectivity index (χ1v) is 8.28. The highest BCUT2D eigenvalue weighted by Crippen LogP contribution is 2.32. The van der Waals surface area contributed by atoms with E-state index in [4.69, 9.17) is 28.9 Å². The Balaban J connectivity index is 2.11. The van der Waals surface area contributed by atoms with E-state index in [1.165, 1.54) is 12.1 Å². The molecular formula is C13H13Cl2N3O2S. The Kier molecular flexibility index (Phi) is 5.05. The number of pyridine rings is 1. The van der Waals surface area contributed by atoms with Crippen molar-refractivity contribution in [1.82, 2.24) is 9.71 Å². The molecule has 0 aliphatic heterocycles. The molecule has 1 aromatic carbocycles. The molecule has 0 aliphatic carbocycles. The smallest absolute Gasteiger partial charge is 0.242 e. The van der Waals surface area contributed by atoms with Gasteiger partial charge in [-0.1, -0.05) is 23.2 Å². The topological polar surface area (TPSA) is 85.1 Å². The second-order valence-corrected chi connectivity index (χ2v) is 6.80. The highest BCUT2D eigenvalue weighted by molar-refractivity contribution is 7.89. The van der Waals surface area contributed by atoms with Crippen LogP contribution in [0.5, 0.6) is 0 Å². The SMILES string of the molecule is Nc1c(Cl)ccc(S(=O)(=O)NCCc2ccncc2)c1Cl. The first kappa shape index (κ1) is 16.0. The molecular weight excluding hydrogens is 333 g/mol. The molecule has 0 amide bonds. The molecule has 5 nitrogen and oxygen atoms in total. The summed E-state index contributed by atoms with van der Waals surface area (Å²) < 4.78 is 26.9. The first-order chi connectivity index (χ1) is 9.92. The average molecular weight is 346 g/mol. The number of aromatic nitrogens is 1. The zero-order valence-corrected chi connectivity index (χ0v) is 13.2. The van der Waals surface area contributed by atoms with Crippen molar-refractivity contribution in [2.24, 2.45) is 0 Å². The van der Waals surface area contributed by atoms with Gasteiger partial charge in [0, 0.05) is 18.9 Å². The van der Waals surface area contributed by atoms with E-state index in [0.717, 1.165) is 5.56 Å². The van der Waals surface area contributed by atoms with Crippen molar-refractivity contribution in [3.05, 3.63) is 52.3 Å². The van der Waals surface area contributed by atoms with Crippen LogP contribution >= 0.6 is 23.2 Å². The highest BCUT2D eigenvalue weighted by atomic mass is 35.5. The largest absolute Gasteiger partial charge is 0.396 e. The Labute approximate surface area is 133 Å². The van der Waals surface area contributed by atoms with E-state index in [2.05, 4.69) is 9.71 Å². The van der Waals surface area contributed by atoms with Crippen LogP contribution in [-0.4, -0.2) is 19.9 Å². The monoisotopic (exact) mass is 345 g/mol. The van der Waals surface area contributed by atoms with Crippen molar-refractivity contribution in [3.63, 3.8) is 0 Å². The highest BCUT2D eigenvalue weighted by Gasteiger charge is 2.20. The van der Waals surface area contributed by atoms with Crippen molar-refractivity contribution in [3.8, 4) is 0 Å². The molecule has 0 atom stereocenters.